The first-order valence-electron chi connectivity index (χ1n) is 6.92. The molecule has 0 heterocycles. The summed E-state index contributed by atoms with van der Waals surface area (Å²) < 4.78 is 79.3. The molecule has 0 amide bonds. The van der Waals surface area contributed by atoms with Gasteiger partial charge in [-0.2, -0.15) is 26.3 Å². The highest BCUT2D eigenvalue weighted by Crippen LogP contribution is 2.47. The third kappa shape index (κ3) is 3.47. The Morgan fingerprint density at radius 2 is 1.55 bits per heavy atom. The topological polar surface area (TPSA) is 0 Å². The molecule has 0 radical (unpaired) electrons. The van der Waals surface area contributed by atoms with Gasteiger partial charge >= 0.3 is 12.4 Å². The molecule has 0 saturated carbocycles. The SMILES string of the molecule is CC1=CC(C(F)(F)F)=C(C2=CC=C(C)CC2C(F)(F)F)CC1. The summed E-state index contributed by atoms with van der Waals surface area (Å²) in [5.41, 5.74) is -0.353. The van der Waals surface area contributed by atoms with Gasteiger partial charge in [-0.1, -0.05) is 29.4 Å². The lowest BCUT2D eigenvalue weighted by molar-refractivity contribution is -0.163. The van der Waals surface area contributed by atoms with Gasteiger partial charge in [-0.15, -0.1) is 0 Å². The monoisotopic (exact) mass is 322 g/mol. The van der Waals surface area contributed by atoms with Crippen molar-refractivity contribution in [1.29, 1.82) is 0 Å². The van der Waals surface area contributed by atoms with Crippen LogP contribution in [0.4, 0.5) is 26.3 Å². The van der Waals surface area contributed by atoms with Crippen molar-refractivity contribution in [1.82, 2.24) is 0 Å². The third-order valence-corrected chi connectivity index (χ3v) is 3.98. The second-order valence-corrected chi connectivity index (χ2v) is 5.81. The quantitative estimate of drug-likeness (QED) is 0.516. The Kier molecular flexibility index (Phi) is 4.33. The van der Waals surface area contributed by atoms with Crippen LogP contribution in [0.2, 0.25) is 0 Å². The van der Waals surface area contributed by atoms with E-state index in [4.69, 9.17) is 0 Å². The van der Waals surface area contributed by atoms with Crippen molar-refractivity contribution in [3.05, 3.63) is 46.1 Å². The van der Waals surface area contributed by atoms with E-state index in [9.17, 15) is 26.3 Å². The summed E-state index contributed by atoms with van der Waals surface area (Å²) in [4.78, 5) is 0. The van der Waals surface area contributed by atoms with Crippen molar-refractivity contribution in [2.45, 2.75) is 45.5 Å². The molecule has 0 aromatic carbocycles. The normalized spacial score (nSPS) is 24.0. The van der Waals surface area contributed by atoms with Gasteiger partial charge in [0, 0.05) is 0 Å². The second-order valence-electron chi connectivity index (χ2n) is 5.81. The van der Waals surface area contributed by atoms with Gasteiger partial charge in [0.25, 0.3) is 0 Å². The largest absolute Gasteiger partial charge is 0.416 e. The summed E-state index contributed by atoms with van der Waals surface area (Å²) in [7, 11) is 0. The molecular formula is C16H16F6. The molecule has 0 aromatic rings. The van der Waals surface area contributed by atoms with Crippen LogP contribution in [-0.4, -0.2) is 12.4 Å². The van der Waals surface area contributed by atoms with Crippen LogP contribution in [0.15, 0.2) is 46.1 Å². The molecule has 0 bridgehead atoms. The molecule has 122 valence electrons. The van der Waals surface area contributed by atoms with Crippen LogP contribution in [0.25, 0.3) is 0 Å². The van der Waals surface area contributed by atoms with Crippen LogP contribution < -0.4 is 0 Å². The molecule has 0 saturated heterocycles. The highest BCUT2D eigenvalue weighted by Gasteiger charge is 2.46. The van der Waals surface area contributed by atoms with E-state index in [0.29, 0.717) is 17.6 Å². The number of halogens is 6. The minimum atomic E-state index is -4.65. The number of hydrogen-bond acceptors (Lipinski definition) is 0. The second kappa shape index (κ2) is 5.63. The number of hydrogen-bond donors (Lipinski definition) is 0. The van der Waals surface area contributed by atoms with Crippen LogP contribution >= 0.6 is 0 Å². The van der Waals surface area contributed by atoms with Gasteiger partial charge < -0.3 is 0 Å². The van der Waals surface area contributed by atoms with E-state index in [1.54, 1.807) is 13.8 Å². The van der Waals surface area contributed by atoms with Gasteiger partial charge in [0.1, 0.15) is 0 Å². The molecule has 1 atom stereocenters. The van der Waals surface area contributed by atoms with Gasteiger partial charge in [-0.3, -0.25) is 0 Å². The lowest BCUT2D eigenvalue weighted by Gasteiger charge is -2.31. The lowest BCUT2D eigenvalue weighted by atomic mass is 9.77. The zero-order valence-electron chi connectivity index (χ0n) is 12.2. The standard InChI is InChI=1S/C16H16F6/c1-9-3-5-11(13(7-9)15(17,18)19)12-6-4-10(2)8-14(12)16(20,21)22/h3,5,8,13H,4,6-7H2,1-2H3. The minimum absolute atomic E-state index is 0.0114. The average Bonchev–Trinajstić information content (AvgIpc) is 2.37. The lowest BCUT2D eigenvalue weighted by Crippen LogP contribution is -2.29. The fraction of sp³-hybridized carbons (Fsp3) is 0.500. The summed E-state index contributed by atoms with van der Waals surface area (Å²) >= 11 is 0. The van der Waals surface area contributed by atoms with E-state index < -0.39 is 23.8 Å². The molecule has 0 nitrogen and oxygen atoms in total. The van der Waals surface area contributed by atoms with E-state index in [1.807, 2.05) is 0 Å². The summed E-state index contributed by atoms with van der Waals surface area (Å²) in [6.07, 6.45) is -5.51. The highest BCUT2D eigenvalue weighted by atomic mass is 19.4. The first-order chi connectivity index (χ1) is 10.00. The van der Waals surface area contributed by atoms with E-state index in [-0.39, 0.29) is 24.0 Å². The Hall–Kier alpha value is -1.46. The fourth-order valence-corrected chi connectivity index (χ4v) is 2.87. The van der Waals surface area contributed by atoms with Crippen molar-refractivity contribution in [2.75, 3.05) is 0 Å². The summed E-state index contributed by atoms with van der Waals surface area (Å²) in [6, 6.07) is 0. The molecule has 0 aromatic heterocycles. The van der Waals surface area contributed by atoms with Gasteiger partial charge in [-0.05, 0) is 44.3 Å². The third-order valence-electron chi connectivity index (χ3n) is 3.98. The Morgan fingerprint density at radius 3 is 2.09 bits per heavy atom. The predicted octanol–water partition coefficient (Wildman–Crippen LogP) is 6.04. The van der Waals surface area contributed by atoms with Crippen molar-refractivity contribution in [3.63, 3.8) is 0 Å². The summed E-state index contributed by atoms with van der Waals surface area (Å²) in [6.45, 7) is 3.11. The molecule has 22 heavy (non-hydrogen) atoms. The maximum absolute atomic E-state index is 13.2. The van der Waals surface area contributed by atoms with Crippen molar-refractivity contribution in [3.8, 4) is 0 Å². The molecule has 0 aliphatic heterocycles. The summed E-state index contributed by atoms with van der Waals surface area (Å²) in [5.74, 6) is -1.86. The van der Waals surface area contributed by atoms with Gasteiger partial charge in [0.2, 0.25) is 0 Å². The molecule has 2 rings (SSSR count). The number of allylic oxidation sites excluding steroid dienone is 8. The van der Waals surface area contributed by atoms with E-state index in [0.717, 1.165) is 6.08 Å². The van der Waals surface area contributed by atoms with Crippen molar-refractivity contribution < 1.29 is 26.3 Å². The zero-order chi connectivity index (χ0) is 16.7. The van der Waals surface area contributed by atoms with E-state index in [2.05, 4.69) is 0 Å². The smallest absolute Gasteiger partial charge is 0.170 e. The Morgan fingerprint density at radius 1 is 0.909 bits per heavy atom. The van der Waals surface area contributed by atoms with Crippen LogP contribution in [0.1, 0.15) is 33.1 Å². The van der Waals surface area contributed by atoms with E-state index in [1.165, 1.54) is 12.2 Å². The van der Waals surface area contributed by atoms with Crippen LogP contribution in [-0.2, 0) is 0 Å². The Bertz CT molecular complexity index is 581. The molecule has 0 N–H and O–H groups in total. The van der Waals surface area contributed by atoms with Crippen molar-refractivity contribution >= 4 is 0 Å². The van der Waals surface area contributed by atoms with Crippen LogP contribution in [0.5, 0.6) is 0 Å². The highest BCUT2D eigenvalue weighted by molar-refractivity contribution is 5.50. The maximum atomic E-state index is 13.2. The fourth-order valence-electron chi connectivity index (χ4n) is 2.87. The van der Waals surface area contributed by atoms with E-state index >= 15 is 0 Å². The van der Waals surface area contributed by atoms with Crippen molar-refractivity contribution in [2.24, 2.45) is 5.92 Å². The maximum Gasteiger partial charge on any atom is 0.416 e. The van der Waals surface area contributed by atoms with Crippen LogP contribution in [0.3, 0.4) is 0 Å². The minimum Gasteiger partial charge on any atom is -0.170 e. The van der Waals surface area contributed by atoms with Crippen LogP contribution in [0, 0.1) is 5.92 Å². The first-order valence-corrected chi connectivity index (χ1v) is 6.92. The van der Waals surface area contributed by atoms with Gasteiger partial charge in [-0.25, -0.2) is 0 Å². The predicted molar refractivity (Wildman–Crippen MR) is 72.1 cm³/mol. The molecule has 1 unspecified atom stereocenters. The Labute approximate surface area is 124 Å². The molecular weight excluding hydrogens is 306 g/mol. The molecule has 2 aliphatic rings. The molecule has 0 fully saturated rings. The van der Waals surface area contributed by atoms with Gasteiger partial charge in [0.15, 0.2) is 0 Å². The summed E-state index contributed by atoms with van der Waals surface area (Å²) in [5, 5.41) is 0. The zero-order valence-corrected chi connectivity index (χ0v) is 12.2. The average molecular weight is 322 g/mol. The molecule has 0 spiro atoms. The number of alkyl halides is 6. The first kappa shape index (κ1) is 16.9. The van der Waals surface area contributed by atoms with Gasteiger partial charge in [0.05, 0.1) is 11.5 Å². The Balaban J connectivity index is 2.59. The molecule has 6 heteroatoms. The molecule has 2 aliphatic carbocycles. The number of rotatable bonds is 1.